The van der Waals surface area contributed by atoms with Crippen molar-refractivity contribution in [3.05, 3.63) is 65.4 Å². The van der Waals surface area contributed by atoms with Crippen LogP contribution in [0.25, 0.3) is 16.5 Å². The molecule has 1 unspecified atom stereocenters. The van der Waals surface area contributed by atoms with Crippen molar-refractivity contribution in [2.75, 3.05) is 6.54 Å². The summed E-state index contributed by atoms with van der Waals surface area (Å²) in [4.78, 5) is 19.3. The van der Waals surface area contributed by atoms with E-state index in [9.17, 15) is 4.79 Å². The summed E-state index contributed by atoms with van der Waals surface area (Å²) in [6.45, 7) is 4.67. The molecule has 0 spiro atoms. The summed E-state index contributed by atoms with van der Waals surface area (Å²) in [5, 5.41) is 1.11. The van der Waals surface area contributed by atoms with Gasteiger partial charge in [-0.2, -0.15) is 0 Å². The fourth-order valence-corrected chi connectivity index (χ4v) is 3.79. The van der Waals surface area contributed by atoms with E-state index >= 15 is 0 Å². The summed E-state index contributed by atoms with van der Waals surface area (Å²) >= 11 is 0. The minimum absolute atomic E-state index is 0.00300. The highest BCUT2D eigenvalue weighted by Crippen LogP contribution is 2.32. The quantitative estimate of drug-likeness (QED) is 0.895. The van der Waals surface area contributed by atoms with Crippen LogP contribution in [0.15, 0.2) is 64.8 Å². The molecule has 3 heterocycles. The highest BCUT2D eigenvalue weighted by molar-refractivity contribution is 6.22. The molecule has 2 N–H and O–H groups in total. The van der Waals surface area contributed by atoms with E-state index in [1.54, 1.807) is 4.90 Å². The zero-order valence-corrected chi connectivity index (χ0v) is 15.9. The predicted molar refractivity (Wildman–Crippen MR) is 110 cm³/mol. The van der Waals surface area contributed by atoms with Crippen LogP contribution in [-0.4, -0.2) is 40.3 Å². The van der Waals surface area contributed by atoms with Crippen molar-refractivity contribution in [3.8, 4) is 0 Å². The number of aryl methyl sites for hydroxylation is 1. The Morgan fingerprint density at radius 1 is 1.26 bits per heavy atom. The fourth-order valence-electron chi connectivity index (χ4n) is 3.79. The number of dihydropyridines is 1. The number of fused-ring (bicyclic) bond motifs is 1. The summed E-state index contributed by atoms with van der Waals surface area (Å²) in [6, 6.07) is 8.20. The Morgan fingerprint density at radius 3 is 2.78 bits per heavy atom. The molecule has 0 fully saturated rings. The van der Waals surface area contributed by atoms with E-state index in [0.717, 1.165) is 27.6 Å². The smallest absolute Gasteiger partial charge is 0.256 e. The average Bonchev–Trinajstić information content (AvgIpc) is 3.03. The van der Waals surface area contributed by atoms with E-state index in [1.807, 2.05) is 57.6 Å². The zero-order chi connectivity index (χ0) is 19.1. The Labute approximate surface area is 159 Å². The van der Waals surface area contributed by atoms with E-state index in [0.29, 0.717) is 12.1 Å². The monoisotopic (exact) mass is 360 g/mol. The predicted octanol–water partition coefficient (Wildman–Crippen LogP) is 3.03. The Morgan fingerprint density at radius 2 is 2.07 bits per heavy atom. The second-order valence-corrected chi connectivity index (χ2v) is 7.32. The van der Waals surface area contributed by atoms with Crippen LogP contribution in [0.1, 0.15) is 19.4 Å². The molecule has 0 saturated carbocycles. The first-order valence-electron chi connectivity index (χ1n) is 9.23. The van der Waals surface area contributed by atoms with Crippen molar-refractivity contribution in [1.82, 2.24) is 9.47 Å². The van der Waals surface area contributed by atoms with Gasteiger partial charge in [-0.1, -0.05) is 18.2 Å². The fraction of sp³-hybridized carbons (Fsp3) is 0.273. The number of hydrogen-bond acceptors (Lipinski definition) is 3. The number of nitrogens with two attached hydrogens (primary N) is 1. The summed E-state index contributed by atoms with van der Waals surface area (Å²) in [6.07, 6.45) is 9.37. The van der Waals surface area contributed by atoms with Crippen LogP contribution in [0.5, 0.6) is 0 Å². The van der Waals surface area contributed by atoms with E-state index in [1.165, 1.54) is 0 Å². The number of allylic oxidation sites excluding steroid dienone is 2. The zero-order valence-electron chi connectivity index (χ0n) is 15.9. The van der Waals surface area contributed by atoms with Gasteiger partial charge in [-0.15, -0.1) is 0 Å². The molecule has 0 aliphatic carbocycles. The standard InChI is InChI=1S/C22H24N4O/c1-14(2)26-21(23)18(17-5-4-9-24-13-17)12-19(22(26)27)15-6-7-20-16(11-15)8-10-25(20)3/h4-8,10-14,21H,9,23H2,1-3H3. The maximum atomic E-state index is 13.2. The van der Waals surface area contributed by atoms with Gasteiger partial charge in [0.25, 0.3) is 5.91 Å². The number of hydrogen-bond donors (Lipinski definition) is 1. The van der Waals surface area contributed by atoms with Gasteiger partial charge in [0.2, 0.25) is 0 Å². The van der Waals surface area contributed by atoms with Gasteiger partial charge in [0.05, 0.1) is 6.54 Å². The molecule has 4 rings (SSSR count). The molecule has 1 atom stereocenters. The van der Waals surface area contributed by atoms with Crippen LogP contribution in [0, 0.1) is 0 Å². The van der Waals surface area contributed by atoms with Crippen LogP contribution >= 0.6 is 0 Å². The first kappa shape index (κ1) is 17.5. The minimum Gasteiger partial charge on any atom is -0.351 e. The molecule has 2 aliphatic rings. The van der Waals surface area contributed by atoms with Gasteiger partial charge in [0.1, 0.15) is 6.17 Å². The molecule has 27 heavy (non-hydrogen) atoms. The van der Waals surface area contributed by atoms with Crippen molar-refractivity contribution in [2.24, 2.45) is 17.8 Å². The summed E-state index contributed by atoms with van der Waals surface area (Å²) < 4.78 is 2.07. The van der Waals surface area contributed by atoms with Gasteiger partial charge in [-0.25, -0.2) is 0 Å². The van der Waals surface area contributed by atoms with E-state index in [4.69, 9.17) is 5.73 Å². The molecule has 0 saturated heterocycles. The molecule has 5 heteroatoms. The lowest BCUT2D eigenvalue weighted by Gasteiger charge is -2.38. The average molecular weight is 360 g/mol. The SMILES string of the molecule is CC(C)N1C(=O)C(c2ccc3c(ccn3C)c2)=CC(=C2C=CCN=C2)C1N. The number of carbonyl (C=O) groups is 1. The lowest BCUT2D eigenvalue weighted by atomic mass is 9.91. The molecule has 1 amide bonds. The van der Waals surface area contributed by atoms with Crippen LogP contribution in [-0.2, 0) is 11.8 Å². The van der Waals surface area contributed by atoms with Crippen molar-refractivity contribution in [2.45, 2.75) is 26.1 Å². The van der Waals surface area contributed by atoms with Crippen molar-refractivity contribution >= 4 is 28.6 Å². The summed E-state index contributed by atoms with van der Waals surface area (Å²) in [7, 11) is 2.02. The van der Waals surface area contributed by atoms with Crippen LogP contribution < -0.4 is 5.73 Å². The lowest BCUT2D eigenvalue weighted by molar-refractivity contribution is -0.128. The molecule has 138 valence electrons. The maximum Gasteiger partial charge on any atom is 0.256 e. The number of aromatic nitrogens is 1. The minimum atomic E-state index is -0.481. The molecule has 0 radical (unpaired) electrons. The molecule has 1 aromatic carbocycles. The highest BCUT2D eigenvalue weighted by atomic mass is 16.2. The topological polar surface area (TPSA) is 63.6 Å². The summed E-state index contributed by atoms with van der Waals surface area (Å²) in [5.74, 6) is -0.0335. The van der Waals surface area contributed by atoms with Gasteiger partial charge in [0, 0.05) is 42.0 Å². The molecule has 0 bridgehead atoms. The Hall–Kier alpha value is -2.92. The summed E-state index contributed by atoms with van der Waals surface area (Å²) in [5.41, 5.74) is 11.1. The molecular weight excluding hydrogens is 336 g/mol. The Balaban J connectivity index is 1.90. The van der Waals surface area contributed by atoms with Gasteiger partial charge in [-0.3, -0.25) is 9.79 Å². The highest BCUT2D eigenvalue weighted by Gasteiger charge is 2.34. The van der Waals surface area contributed by atoms with Gasteiger partial charge >= 0.3 is 0 Å². The Kier molecular flexibility index (Phi) is 4.32. The number of benzene rings is 1. The first-order chi connectivity index (χ1) is 13.0. The molecular formula is C22H24N4O. The first-order valence-corrected chi connectivity index (χ1v) is 9.23. The van der Waals surface area contributed by atoms with Crippen molar-refractivity contribution < 1.29 is 4.79 Å². The second-order valence-electron chi connectivity index (χ2n) is 7.32. The maximum absolute atomic E-state index is 13.2. The number of amides is 1. The lowest BCUT2D eigenvalue weighted by Crippen LogP contribution is -2.53. The Bertz CT molecular complexity index is 1020. The number of nitrogens with zero attached hydrogens (tertiary/aromatic N) is 3. The molecule has 1 aromatic heterocycles. The van der Waals surface area contributed by atoms with Crippen molar-refractivity contribution in [3.63, 3.8) is 0 Å². The van der Waals surface area contributed by atoms with Gasteiger partial charge in [-0.05, 0) is 54.8 Å². The van der Waals surface area contributed by atoms with Gasteiger partial charge < -0.3 is 15.2 Å². The largest absolute Gasteiger partial charge is 0.351 e. The second kappa shape index (κ2) is 6.67. The van der Waals surface area contributed by atoms with Crippen LogP contribution in [0.4, 0.5) is 0 Å². The van der Waals surface area contributed by atoms with E-state index in [2.05, 4.69) is 27.8 Å². The third-order valence-corrected chi connectivity index (χ3v) is 5.21. The normalized spacial score (nSPS) is 22.9. The van der Waals surface area contributed by atoms with Gasteiger partial charge in [0.15, 0.2) is 0 Å². The third kappa shape index (κ3) is 2.94. The number of carbonyl (C=O) groups excluding carboxylic acids is 1. The number of rotatable bonds is 2. The van der Waals surface area contributed by atoms with Crippen LogP contribution in [0.3, 0.4) is 0 Å². The molecule has 2 aliphatic heterocycles. The van der Waals surface area contributed by atoms with Crippen LogP contribution in [0.2, 0.25) is 0 Å². The number of aliphatic imine (C=N–C) groups is 1. The molecule has 5 nitrogen and oxygen atoms in total. The van der Waals surface area contributed by atoms with E-state index < -0.39 is 6.17 Å². The molecule has 2 aromatic rings. The van der Waals surface area contributed by atoms with Crippen molar-refractivity contribution in [1.29, 1.82) is 0 Å². The third-order valence-electron chi connectivity index (χ3n) is 5.21. The van der Waals surface area contributed by atoms with E-state index in [-0.39, 0.29) is 11.9 Å².